The third-order valence-corrected chi connectivity index (χ3v) is 3.89. The van der Waals surface area contributed by atoms with Gasteiger partial charge in [0.05, 0.1) is 6.54 Å². The number of aromatic hydroxyl groups is 1. The second kappa shape index (κ2) is 5.42. The molecular weight excluding hydrogens is 274 g/mol. The average Bonchev–Trinajstić information content (AvgIpc) is 2.78. The predicted octanol–water partition coefficient (Wildman–Crippen LogP) is 1.99. The molecule has 1 aromatic carbocycles. The molecule has 102 valence electrons. The van der Waals surface area contributed by atoms with E-state index in [9.17, 15) is 9.90 Å². The summed E-state index contributed by atoms with van der Waals surface area (Å²) in [6, 6.07) is 12.5. The Kier molecular flexibility index (Phi) is 3.47. The summed E-state index contributed by atoms with van der Waals surface area (Å²) >= 11 is 1.62. The van der Waals surface area contributed by atoms with Crippen LogP contribution in [0.1, 0.15) is 0 Å². The fourth-order valence-corrected chi connectivity index (χ4v) is 2.73. The number of pyridine rings is 1. The summed E-state index contributed by atoms with van der Waals surface area (Å²) in [6.07, 6.45) is 1.72. The maximum Gasteiger partial charge on any atom is 0.350 e. The molecule has 0 atom stereocenters. The number of rotatable bonds is 4. The van der Waals surface area contributed by atoms with E-state index in [-0.39, 0.29) is 11.4 Å². The van der Waals surface area contributed by atoms with E-state index < -0.39 is 0 Å². The van der Waals surface area contributed by atoms with Crippen molar-refractivity contribution in [2.45, 2.75) is 11.4 Å². The zero-order valence-corrected chi connectivity index (χ0v) is 11.5. The van der Waals surface area contributed by atoms with Crippen LogP contribution in [-0.4, -0.2) is 25.0 Å². The van der Waals surface area contributed by atoms with Crippen molar-refractivity contribution in [3.05, 3.63) is 59.1 Å². The molecule has 0 unspecified atom stereocenters. The first-order valence-electron chi connectivity index (χ1n) is 6.20. The third kappa shape index (κ3) is 2.55. The SMILES string of the molecule is O=c1n(CCSc2ccc(O)cc2)nc2ccccn12. The Morgan fingerprint density at radius 3 is 2.70 bits per heavy atom. The number of fused-ring (bicyclic) bond motifs is 1. The molecule has 0 amide bonds. The molecule has 0 aliphatic carbocycles. The minimum absolute atomic E-state index is 0.119. The summed E-state index contributed by atoms with van der Waals surface area (Å²) in [5.41, 5.74) is 0.541. The lowest BCUT2D eigenvalue weighted by atomic mass is 10.3. The molecule has 0 saturated carbocycles. The number of aromatic nitrogens is 3. The molecular formula is C14H13N3O2S. The lowest BCUT2D eigenvalue weighted by molar-refractivity contribution is 0.475. The Morgan fingerprint density at radius 1 is 1.15 bits per heavy atom. The van der Waals surface area contributed by atoms with Gasteiger partial charge in [-0.2, -0.15) is 0 Å². The van der Waals surface area contributed by atoms with Crippen molar-refractivity contribution < 1.29 is 5.11 Å². The maximum absolute atomic E-state index is 12.0. The highest BCUT2D eigenvalue weighted by Gasteiger charge is 2.05. The van der Waals surface area contributed by atoms with E-state index in [1.165, 1.54) is 9.08 Å². The summed E-state index contributed by atoms with van der Waals surface area (Å²) in [7, 11) is 0. The van der Waals surface area contributed by atoms with Crippen molar-refractivity contribution in [2.75, 3.05) is 5.75 Å². The van der Waals surface area contributed by atoms with E-state index in [0.29, 0.717) is 12.2 Å². The van der Waals surface area contributed by atoms with Gasteiger partial charge in [0.2, 0.25) is 0 Å². The van der Waals surface area contributed by atoms with Crippen molar-refractivity contribution >= 4 is 17.4 Å². The largest absolute Gasteiger partial charge is 0.508 e. The zero-order valence-electron chi connectivity index (χ0n) is 10.6. The number of nitrogens with zero attached hydrogens (tertiary/aromatic N) is 3. The molecule has 0 radical (unpaired) electrons. The number of benzene rings is 1. The summed E-state index contributed by atoms with van der Waals surface area (Å²) in [5.74, 6) is 1.00. The fraction of sp³-hybridized carbons (Fsp3) is 0.143. The van der Waals surface area contributed by atoms with Gasteiger partial charge in [0, 0.05) is 16.8 Å². The minimum atomic E-state index is -0.119. The first-order chi connectivity index (χ1) is 9.74. The molecule has 1 N–H and O–H groups in total. The van der Waals surface area contributed by atoms with Crippen LogP contribution in [0.4, 0.5) is 0 Å². The van der Waals surface area contributed by atoms with Crippen LogP contribution in [0.3, 0.4) is 0 Å². The molecule has 0 fully saturated rings. The van der Waals surface area contributed by atoms with E-state index in [1.54, 1.807) is 30.1 Å². The van der Waals surface area contributed by atoms with Crippen molar-refractivity contribution in [1.29, 1.82) is 0 Å². The van der Waals surface area contributed by atoms with Gasteiger partial charge >= 0.3 is 5.69 Å². The van der Waals surface area contributed by atoms with Gasteiger partial charge in [-0.3, -0.25) is 4.40 Å². The molecule has 5 nitrogen and oxygen atoms in total. The normalized spacial score (nSPS) is 11.0. The summed E-state index contributed by atoms with van der Waals surface area (Å²) in [6.45, 7) is 0.548. The maximum atomic E-state index is 12.0. The molecule has 6 heteroatoms. The van der Waals surface area contributed by atoms with E-state index in [0.717, 1.165) is 10.6 Å². The summed E-state index contributed by atoms with van der Waals surface area (Å²) < 4.78 is 3.01. The van der Waals surface area contributed by atoms with Crippen molar-refractivity contribution in [2.24, 2.45) is 0 Å². The highest BCUT2D eigenvalue weighted by atomic mass is 32.2. The van der Waals surface area contributed by atoms with Crippen LogP contribution in [0, 0.1) is 0 Å². The molecule has 20 heavy (non-hydrogen) atoms. The summed E-state index contributed by atoms with van der Waals surface area (Å²) in [5, 5.41) is 13.5. The first-order valence-corrected chi connectivity index (χ1v) is 7.19. The quantitative estimate of drug-likeness (QED) is 0.746. The summed E-state index contributed by atoms with van der Waals surface area (Å²) in [4.78, 5) is 13.1. The molecule has 0 saturated heterocycles. The van der Waals surface area contributed by atoms with Gasteiger partial charge in [0.15, 0.2) is 5.65 Å². The molecule has 3 rings (SSSR count). The lowest BCUT2D eigenvalue weighted by Crippen LogP contribution is -2.21. The molecule has 0 spiro atoms. The molecule has 3 aromatic rings. The van der Waals surface area contributed by atoms with Gasteiger partial charge in [-0.1, -0.05) is 6.07 Å². The van der Waals surface area contributed by atoms with E-state index >= 15 is 0 Å². The molecule has 2 heterocycles. The first kappa shape index (κ1) is 12.8. The van der Waals surface area contributed by atoms with Crippen LogP contribution in [0.25, 0.3) is 5.65 Å². The monoisotopic (exact) mass is 287 g/mol. The predicted molar refractivity (Wildman–Crippen MR) is 78.3 cm³/mol. The van der Waals surface area contributed by atoms with E-state index in [4.69, 9.17) is 0 Å². The van der Waals surface area contributed by atoms with Crippen molar-refractivity contribution in [1.82, 2.24) is 14.2 Å². The Hall–Kier alpha value is -2.21. The zero-order chi connectivity index (χ0) is 13.9. The van der Waals surface area contributed by atoms with Crippen molar-refractivity contribution in [3.63, 3.8) is 0 Å². The molecule has 0 bridgehead atoms. The number of hydrogen-bond acceptors (Lipinski definition) is 4. The second-order valence-corrected chi connectivity index (χ2v) is 5.45. The van der Waals surface area contributed by atoms with Gasteiger partial charge in [0.1, 0.15) is 5.75 Å². The van der Waals surface area contributed by atoms with E-state index in [1.807, 2.05) is 30.3 Å². The molecule has 2 aromatic heterocycles. The number of thioether (sulfide) groups is 1. The smallest absolute Gasteiger partial charge is 0.350 e. The second-order valence-electron chi connectivity index (χ2n) is 4.28. The van der Waals surface area contributed by atoms with E-state index in [2.05, 4.69) is 5.10 Å². The highest BCUT2D eigenvalue weighted by Crippen LogP contribution is 2.20. The van der Waals surface area contributed by atoms with Crippen LogP contribution in [-0.2, 0) is 6.54 Å². The van der Waals surface area contributed by atoms with Crippen LogP contribution >= 0.6 is 11.8 Å². The van der Waals surface area contributed by atoms with Gasteiger partial charge in [-0.05, 0) is 36.4 Å². The number of phenols is 1. The van der Waals surface area contributed by atoms with Gasteiger partial charge in [0.25, 0.3) is 0 Å². The van der Waals surface area contributed by atoms with Crippen molar-refractivity contribution in [3.8, 4) is 5.75 Å². The van der Waals surface area contributed by atoms with Gasteiger partial charge < -0.3 is 5.11 Å². The highest BCUT2D eigenvalue weighted by molar-refractivity contribution is 7.99. The van der Waals surface area contributed by atoms with Crippen LogP contribution in [0.5, 0.6) is 5.75 Å². The minimum Gasteiger partial charge on any atom is -0.508 e. The van der Waals surface area contributed by atoms with Gasteiger partial charge in [-0.25, -0.2) is 9.48 Å². The third-order valence-electron chi connectivity index (χ3n) is 2.90. The Balaban J connectivity index is 1.69. The Bertz CT molecular complexity index is 777. The number of phenolic OH excluding ortho intramolecular Hbond substituents is 1. The average molecular weight is 287 g/mol. The standard InChI is InChI=1S/C14H13N3O2S/c18-11-4-6-12(7-5-11)20-10-9-17-14(19)16-8-2-1-3-13(16)15-17/h1-8,18H,9-10H2. The van der Waals surface area contributed by atoms with Crippen LogP contribution in [0.2, 0.25) is 0 Å². The number of hydrogen-bond donors (Lipinski definition) is 1. The lowest BCUT2D eigenvalue weighted by Gasteiger charge is -2.01. The Morgan fingerprint density at radius 2 is 1.95 bits per heavy atom. The molecule has 0 aliphatic heterocycles. The van der Waals surface area contributed by atoms with Crippen LogP contribution in [0.15, 0.2) is 58.4 Å². The topological polar surface area (TPSA) is 59.5 Å². The van der Waals surface area contributed by atoms with Gasteiger partial charge in [-0.15, -0.1) is 16.9 Å². The van der Waals surface area contributed by atoms with Crippen LogP contribution < -0.4 is 5.69 Å². The Labute approximate surface area is 119 Å². The number of aryl methyl sites for hydroxylation is 1. The fourth-order valence-electron chi connectivity index (χ4n) is 1.91. The molecule has 0 aliphatic rings.